The average molecular weight is 255 g/mol. The van der Waals surface area contributed by atoms with Crippen LogP contribution in [0.2, 0.25) is 0 Å². The van der Waals surface area contributed by atoms with Crippen molar-refractivity contribution in [3.8, 4) is 17.3 Å². The molecule has 2 rings (SSSR count). The maximum absolute atomic E-state index is 13.3. The van der Waals surface area contributed by atoms with Crippen LogP contribution in [0.5, 0.6) is 0 Å². The molecule has 1 unspecified atom stereocenters. The second kappa shape index (κ2) is 5.57. The molecule has 0 radical (unpaired) electrons. The number of halogens is 1. The highest BCUT2D eigenvalue weighted by Crippen LogP contribution is 2.22. The van der Waals surface area contributed by atoms with Gasteiger partial charge in [0.15, 0.2) is 0 Å². The maximum atomic E-state index is 13.3. The van der Waals surface area contributed by atoms with E-state index in [0.29, 0.717) is 23.5 Å². The summed E-state index contributed by atoms with van der Waals surface area (Å²) in [5.41, 5.74) is 2.11. The second-order valence-electron chi connectivity index (χ2n) is 4.35. The third-order valence-electron chi connectivity index (χ3n) is 3.00. The van der Waals surface area contributed by atoms with Gasteiger partial charge in [0.2, 0.25) is 0 Å². The van der Waals surface area contributed by atoms with E-state index in [0.717, 1.165) is 5.56 Å². The normalized spacial score (nSPS) is 11.9. The molecule has 96 valence electrons. The van der Waals surface area contributed by atoms with Crippen LogP contribution in [0.15, 0.2) is 30.5 Å². The molecule has 0 aliphatic heterocycles. The fourth-order valence-electron chi connectivity index (χ4n) is 1.84. The van der Waals surface area contributed by atoms with Crippen molar-refractivity contribution in [2.45, 2.75) is 26.2 Å². The summed E-state index contributed by atoms with van der Waals surface area (Å²) in [6.07, 6.45) is 2.30. The summed E-state index contributed by atoms with van der Waals surface area (Å²) in [6, 6.07) is 8.80. The van der Waals surface area contributed by atoms with Gasteiger partial charge in [-0.2, -0.15) is 5.26 Å². The monoisotopic (exact) mass is 255 g/mol. The molecule has 0 bridgehead atoms. The van der Waals surface area contributed by atoms with Crippen LogP contribution in [0.25, 0.3) is 11.3 Å². The van der Waals surface area contributed by atoms with E-state index >= 15 is 0 Å². The zero-order valence-electron chi connectivity index (χ0n) is 10.9. The number of nitriles is 1. The molecule has 0 saturated heterocycles. The molecule has 0 aliphatic carbocycles. The summed E-state index contributed by atoms with van der Waals surface area (Å²) in [5, 5.41) is 9.04. The van der Waals surface area contributed by atoms with Crippen molar-refractivity contribution < 1.29 is 4.39 Å². The molecule has 0 amide bonds. The van der Waals surface area contributed by atoms with Crippen LogP contribution in [0.1, 0.15) is 30.7 Å². The number of aromatic nitrogens is 2. The molecule has 1 atom stereocenters. The van der Waals surface area contributed by atoms with Gasteiger partial charge in [0.25, 0.3) is 0 Å². The van der Waals surface area contributed by atoms with Gasteiger partial charge in [0.1, 0.15) is 17.6 Å². The van der Waals surface area contributed by atoms with Crippen molar-refractivity contribution in [1.82, 2.24) is 9.97 Å². The second-order valence-corrected chi connectivity index (χ2v) is 4.35. The Morgan fingerprint density at radius 1 is 1.37 bits per heavy atom. The lowest BCUT2D eigenvalue weighted by atomic mass is 10.1. The molecule has 1 aromatic carbocycles. The van der Waals surface area contributed by atoms with Crippen molar-refractivity contribution in [3.63, 3.8) is 0 Å². The van der Waals surface area contributed by atoms with Gasteiger partial charge in [-0.1, -0.05) is 6.92 Å². The average Bonchev–Trinajstić information content (AvgIpc) is 2.44. The third-order valence-corrected chi connectivity index (χ3v) is 3.00. The predicted octanol–water partition coefficient (Wildman–Crippen LogP) is 3.61. The van der Waals surface area contributed by atoms with Crippen LogP contribution in [-0.2, 0) is 0 Å². The molecular weight excluding hydrogens is 241 g/mol. The van der Waals surface area contributed by atoms with Gasteiger partial charge in [0.05, 0.1) is 11.8 Å². The van der Waals surface area contributed by atoms with E-state index in [4.69, 9.17) is 5.26 Å². The van der Waals surface area contributed by atoms with Gasteiger partial charge in [-0.3, -0.25) is 0 Å². The molecule has 0 aliphatic rings. The van der Waals surface area contributed by atoms with Gasteiger partial charge < -0.3 is 0 Å². The number of rotatable bonds is 3. The predicted molar refractivity (Wildman–Crippen MR) is 70.8 cm³/mol. The minimum atomic E-state index is -0.304. The van der Waals surface area contributed by atoms with Gasteiger partial charge in [-0.15, -0.1) is 0 Å². The summed E-state index contributed by atoms with van der Waals surface area (Å²) in [4.78, 5) is 8.54. The summed E-state index contributed by atoms with van der Waals surface area (Å²) in [5.74, 6) is -0.0209. The first-order chi connectivity index (χ1) is 9.15. The Morgan fingerprint density at radius 2 is 2.16 bits per heavy atom. The molecule has 0 fully saturated rings. The number of nitrogens with zero attached hydrogens (tertiary/aromatic N) is 3. The summed E-state index contributed by atoms with van der Waals surface area (Å²) in [7, 11) is 0. The molecule has 3 nitrogen and oxygen atoms in total. The first kappa shape index (κ1) is 13.2. The van der Waals surface area contributed by atoms with E-state index in [1.165, 1.54) is 6.07 Å². The van der Waals surface area contributed by atoms with E-state index in [1.54, 1.807) is 31.3 Å². The lowest BCUT2D eigenvalue weighted by molar-refractivity contribution is 0.618. The van der Waals surface area contributed by atoms with Gasteiger partial charge in [-0.25, -0.2) is 14.4 Å². The van der Waals surface area contributed by atoms with E-state index in [-0.39, 0.29) is 11.7 Å². The Morgan fingerprint density at radius 3 is 2.79 bits per heavy atom. The first-order valence-electron chi connectivity index (χ1n) is 6.14. The Kier molecular flexibility index (Phi) is 3.86. The van der Waals surface area contributed by atoms with Gasteiger partial charge in [0, 0.05) is 11.8 Å². The summed E-state index contributed by atoms with van der Waals surface area (Å²) in [6.45, 7) is 3.64. The lowest BCUT2D eigenvalue weighted by Crippen LogP contribution is -2.02. The summed E-state index contributed by atoms with van der Waals surface area (Å²) >= 11 is 0. The number of hydrogen-bond donors (Lipinski definition) is 0. The maximum Gasteiger partial charge on any atom is 0.146 e. The standard InChI is InChI=1S/C15H14FN3/c1-3-11(9-17)15-18-7-6-14(19-15)12-4-5-13(16)10(2)8-12/h4-8,11H,3H2,1-2H3. The van der Waals surface area contributed by atoms with Crippen molar-refractivity contribution in [1.29, 1.82) is 5.26 Å². The van der Waals surface area contributed by atoms with E-state index in [1.807, 2.05) is 6.92 Å². The van der Waals surface area contributed by atoms with Gasteiger partial charge >= 0.3 is 0 Å². The van der Waals surface area contributed by atoms with Crippen LogP contribution >= 0.6 is 0 Å². The Balaban J connectivity index is 2.43. The van der Waals surface area contributed by atoms with Gasteiger partial charge in [-0.05, 0) is 43.2 Å². The topological polar surface area (TPSA) is 49.6 Å². The van der Waals surface area contributed by atoms with Crippen molar-refractivity contribution in [2.75, 3.05) is 0 Å². The zero-order chi connectivity index (χ0) is 13.8. The fraction of sp³-hybridized carbons (Fsp3) is 0.267. The lowest BCUT2D eigenvalue weighted by Gasteiger charge is -2.07. The van der Waals surface area contributed by atoms with Crippen LogP contribution in [-0.4, -0.2) is 9.97 Å². The highest BCUT2D eigenvalue weighted by molar-refractivity contribution is 5.59. The Bertz CT molecular complexity index is 632. The molecule has 0 saturated carbocycles. The largest absolute Gasteiger partial charge is 0.240 e. The minimum absolute atomic E-state index is 0.235. The minimum Gasteiger partial charge on any atom is -0.240 e. The van der Waals surface area contributed by atoms with Crippen molar-refractivity contribution in [3.05, 3.63) is 47.7 Å². The molecular formula is C15H14FN3. The molecule has 0 spiro atoms. The SMILES string of the molecule is CCC(C#N)c1nccc(-c2ccc(F)c(C)c2)n1. The van der Waals surface area contributed by atoms with Crippen LogP contribution in [0.3, 0.4) is 0 Å². The molecule has 1 heterocycles. The molecule has 4 heteroatoms. The van der Waals surface area contributed by atoms with E-state index in [9.17, 15) is 4.39 Å². The summed E-state index contributed by atoms with van der Waals surface area (Å²) < 4.78 is 13.3. The van der Waals surface area contributed by atoms with Crippen LogP contribution in [0.4, 0.5) is 4.39 Å². The smallest absolute Gasteiger partial charge is 0.146 e. The quantitative estimate of drug-likeness (QED) is 0.841. The number of benzene rings is 1. The number of hydrogen-bond acceptors (Lipinski definition) is 3. The fourth-order valence-corrected chi connectivity index (χ4v) is 1.84. The van der Waals surface area contributed by atoms with E-state index < -0.39 is 0 Å². The first-order valence-corrected chi connectivity index (χ1v) is 6.14. The van der Waals surface area contributed by atoms with Crippen LogP contribution < -0.4 is 0 Å². The third kappa shape index (κ3) is 2.76. The molecule has 0 N–H and O–H groups in total. The highest BCUT2D eigenvalue weighted by Gasteiger charge is 2.12. The molecule has 19 heavy (non-hydrogen) atoms. The zero-order valence-corrected chi connectivity index (χ0v) is 10.9. The molecule has 1 aromatic heterocycles. The Hall–Kier alpha value is -2.28. The van der Waals surface area contributed by atoms with Crippen molar-refractivity contribution >= 4 is 0 Å². The highest BCUT2D eigenvalue weighted by atomic mass is 19.1. The van der Waals surface area contributed by atoms with Crippen molar-refractivity contribution in [2.24, 2.45) is 0 Å². The Labute approximate surface area is 111 Å². The van der Waals surface area contributed by atoms with E-state index in [2.05, 4.69) is 16.0 Å². The molecule has 2 aromatic rings. The van der Waals surface area contributed by atoms with Crippen LogP contribution in [0, 0.1) is 24.1 Å². The number of aryl methyl sites for hydroxylation is 1.